The fourth-order valence-electron chi connectivity index (χ4n) is 4.64. The predicted octanol–water partition coefficient (Wildman–Crippen LogP) is 7.21. The van der Waals surface area contributed by atoms with Crippen LogP contribution in [0.2, 0.25) is 39.3 Å². The first kappa shape index (κ1) is 25.7. The molecule has 1 fully saturated rings. The number of rotatable bonds is 4. The second-order valence-electron chi connectivity index (χ2n) is 10.7. The summed E-state index contributed by atoms with van der Waals surface area (Å²) >= 11 is 2.27. The molecule has 0 saturated heterocycles. The lowest BCUT2D eigenvalue weighted by molar-refractivity contribution is -0.258. The second kappa shape index (κ2) is 6.87. The molecule has 184 valence electrons. The Morgan fingerprint density at radius 3 is 1.18 bits per heavy atom. The summed E-state index contributed by atoms with van der Waals surface area (Å²) in [6.07, 6.45) is 2.76. The average molecular weight is 545 g/mol. The predicted molar refractivity (Wildman–Crippen MR) is 126 cm³/mol. The van der Waals surface area contributed by atoms with Crippen LogP contribution in [0.3, 0.4) is 0 Å². The topological polar surface area (TPSA) is 18.5 Å². The summed E-state index contributed by atoms with van der Waals surface area (Å²) in [6.45, 7) is 11.8. The van der Waals surface area contributed by atoms with Crippen LogP contribution in [-0.4, -0.2) is 58.0 Å². The molecule has 2 nitrogen and oxygen atoms in total. The Labute approximate surface area is 199 Å². The maximum Gasteiger partial charge on any atom is 0.380 e. The number of hydrogen-bond donors (Lipinski definition) is 0. The molecule has 4 rings (SSSR count). The number of alkyl halides is 6. The fourth-order valence-corrected chi connectivity index (χ4v) is 11.7. The van der Waals surface area contributed by atoms with Crippen molar-refractivity contribution in [2.75, 3.05) is 14.2 Å². The van der Waals surface area contributed by atoms with Crippen LogP contribution in [0.4, 0.5) is 26.3 Å². The third-order valence-corrected chi connectivity index (χ3v) is 16.7. The molecule has 0 radical (unpaired) electrons. The van der Waals surface area contributed by atoms with Gasteiger partial charge in [0.1, 0.15) is 0 Å². The van der Waals surface area contributed by atoms with Crippen LogP contribution >= 0.6 is 23.5 Å². The highest BCUT2D eigenvalue weighted by Crippen LogP contribution is 2.75. The van der Waals surface area contributed by atoms with Crippen molar-refractivity contribution in [2.45, 2.75) is 66.9 Å². The van der Waals surface area contributed by atoms with Gasteiger partial charge in [-0.2, -0.15) is 26.3 Å². The largest absolute Gasteiger partial charge is 0.380 e. The Morgan fingerprint density at radius 1 is 0.636 bits per heavy atom. The van der Waals surface area contributed by atoms with Crippen LogP contribution in [0.15, 0.2) is 43.5 Å². The van der Waals surface area contributed by atoms with Gasteiger partial charge in [-0.3, -0.25) is 0 Å². The molecule has 0 amide bonds. The van der Waals surface area contributed by atoms with Gasteiger partial charge in [0.05, 0.1) is 16.1 Å². The highest BCUT2D eigenvalue weighted by atomic mass is 32.2. The Morgan fingerprint density at radius 2 is 0.939 bits per heavy atom. The number of fused-ring (bicyclic) bond motifs is 4. The third-order valence-electron chi connectivity index (χ3n) is 6.46. The van der Waals surface area contributed by atoms with Crippen LogP contribution < -0.4 is 0 Å². The van der Waals surface area contributed by atoms with Gasteiger partial charge in [0.15, 0.2) is 9.87 Å². The number of allylic oxidation sites excluding steroid dienone is 2. The van der Waals surface area contributed by atoms with Gasteiger partial charge in [0.2, 0.25) is 0 Å². The Balaban J connectivity index is 2.21. The van der Waals surface area contributed by atoms with Crippen molar-refractivity contribution in [3.05, 3.63) is 43.5 Å². The fraction of sp³-hybridized carbons (Fsp3) is 0.619. The molecule has 2 heterocycles. The van der Waals surface area contributed by atoms with E-state index in [2.05, 4.69) is 0 Å². The van der Waals surface area contributed by atoms with Crippen LogP contribution in [0, 0.1) is 0 Å². The molecule has 2 unspecified atom stereocenters. The van der Waals surface area contributed by atoms with Gasteiger partial charge < -0.3 is 9.47 Å². The number of thioether (sulfide) groups is 2. The second-order valence-corrected chi connectivity index (χ2v) is 23.9. The summed E-state index contributed by atoms with van der Waals surface area (Å²) in [5.41, 5.74) is -3.33. The van der Waals surface area contributed by atoms with Gasteiger partial charge in [-0.15, -0.1) is 0 Å². The van der Waals surface area contributed by atoms with E-state index in [1.807, 2.05) is 39.3 Å². The number of ether oxygens (including phenoxy) is 2. The van der Waals surface area contributed by atoms with Crippen LogP contribution in [0.25, 0.3) is 0 Å². The summed E-state index contributed by atoms with van der Waals surface area (Å²) < 4.78 is 104. The van der Waals surface area contributed by atoms with E-state index in [1.165, 1.54) is 26.4 Å². The summed E-state index contributed by atoms with van der Waals surface area (Å²) in [5.74, 6) is -15.7. The average Bonchev–Trinajstić information content (AvgIpc) is 3.28. The van der Waals surface area contributed by atoms with E-state index >= 15 is 17.6 Å². The Kier molecular flexibility index (Phi) is 5.35. The molecular formula is C21H26F6O2S2Si2. The molecule has 12 heteroatoms. The smallest absolute Gasteiger partial charge is 0.358 e. The number of halogens is 6. The standard InChI is InChI=1S/C21H26F6O2S2Si2/c1-28-19-11(9-13(30-19)32(3,4)5)15-16(18(24,25)21(26,27)17(15,22)23)12-10-14(33(6,7)8)31-20(12,19)29-2/h9-10H,1-8H3. The van der Waals surface area contributed by atoms with E-state index in [-0.39, 0.29) is 11.1 Å². The highest BCUT2D eigenvalue weighted by Gasteiger charge is 2.85. The van der Waals surface area contributed by atoms with Gasteiger partial charge in [0.25, 0.3) is 0 Å². The molecule has 0 N–H and O–H groups in total. The number of methoxy groups -OCH3 is 2. The van der Waals surface area contributed by atoms with E-state index < -0.39 is 54.9 Å². The SMILES string of the molecule is COC12SC([Si](C)(C)C)=CC1=C1C(=C3C=C([Si](C)(C)C)SC32OC)C(F)(F)C(F)(F)C1(F)F. The first-order chi connectivity index (χ1) is 14.8. The molecule has 1 saturated carbocycles. The van der Waals surface area contributed by atoms with Gasteiger partial charge >= 0.3 is 17.8 Å². The Bertz CT molecular complexity index is 986. The molecular weight excluding hydrogens is 519 g/mol. The van der Waals surface area contributed by atoms with Gasteiger partial charge in [-0.05, 0) is 21.2 Å². The maximum atomic E-state index is 15.3. The zero-order chi connectivity index (χ0) is 25.2. The molecule has 0 aromatic carbocycles. The van der Waals surface area contributed by atoms with Gasteiger partial charge in [0, 0.05) is 36.5 Å². The van der Waals surface area contributed by atoms with Gasteiger partial charge in [-0.25, -0.2) is 0 Å². The Hall–Kier alpha value is -0.406. The van der Waals surface area contributed by atoms with E-state index in [0.29, 0.717) is 9.06 Å². The van der Waals surface area contributed by atoms with Crippen molar-refractivity contribution >= 4 is 39.7 Å². The summed E-state index contributed by atoms with van der Waals surface area (Å²) in [6, 6.07) is 0. The minimum absolute atomic E-state index is 0.340. The summed E-state index contributed by atoms with van der Waals surface area (Å²) in [7, 11) is -1.79. The van der Waals surface area contributed by atoms with E-state index in [4.69, 9.17) is 9.47 Å². The lowest BCUT2D eigenvalue weighted by Crippen LogP contribution is -2.55. The van der Waals surface area contributed by atoms with Crippen molar-refractivity contribution < 1.29 is 35.8 Å². The molecule has 4 aliphatic rings. The molecule has 2 atom stereocenters. The normalized spacial score (nSPS) is 34.2. The molecule has 33 heavy (non-hydrogen) atoms. The maximum absolute atomic E-state index is 15.3. The first-order valence-corrected chi connectivity index (χ1v) is 19.0. The molecule has 0 aromatic heterocycles. The minimum atomic E-state index is -5.59. The summed E-state index contributed by atoms with van der Waals surface area (Å²) in [4.78, 5) is -3.43. The number of hydrogen-bond acceptors (Lipinski definition) is 4. The zero-order valence-electron chi connectivity index (χ0n) is 19.6. The quantitative estimate of drug-likeness (QED) is 0.275. The lowest BCUT2D eigenvalue weighted by atomic mass is 9.80. The van der Waals surface area contributed by atoms with E-state index in [0.717, 1.165) is 23.5 Å². The highest BCUT2D eigenvalue weighted by molar-refractivity contribution is 8.11. The zero-order valence-corrected chi connectivity index (χ0v) is 23.2. The molecule has 2 aliphatic carbocycles. The van der Waals surface area contributed by atoms with Crippen LogP contribution in [0.5, 0.6) is 0 Å². The van der Waals surface area contributed by atoms with Crippen LogP contribution in [0.1, 0.15) is 0 Å². The molecule has 0 bridgehead atoms. The molecule has 0 spiro atoms. The third kappa shape index (κ3) is 2.85. The van der Waals surface area contributed by atoms with Crippen LogP contribution in [-0.2, 0) is 9.47 Å². The summed E-state index contributed by atoms with van der Waals surface area (Å²) in [5, 5.41) is 0. The first-order valence-electron chi connectivity index (χ1n) is 10.3. The van der Waals surface area contributed by atoms with E-state index in [9.17, 15) is 8.78 Å². The van der Waals surface area contributed by atoms with Crippen molar-refractivity contribution in [1.29, 1.82) is 0 Å². The van der Waals surface area contributed by atoms with Crippen molar-refractivity contribution in [2.24, 2.45) is 0 Å². The monoisotopic (exact) mass is 544 g/mol. The van der Waals surface area contributed by atoms with E-state index in [1.54, 1.807) is 0 Å². The van der Waals surface area contributed by atoms with Crippen molar-refractivity contribution in [3.63, 3.8) is 0 Å². The molecule has 2 aliphatic heterocycles. The van der Waals surface area contributed by atoms with Crippen molar-refractivity contribution in [1.82, 2.24) is 0 Å². The lowest BCUT2D eigenvalue weighted by Gasteiger charge is -2.49. The van der Waals surface area contributed by atoms with Crippen molar-refractivity contribution in [3.8, 4) is 0 Å². The van der Waals surface area contributed by atoms with Gasteiger partial charge in [-0.1, -0.05) is 62.8 Å². The minimum Gasteiger partial charge on any atom is -0.358 e. The molecule has 0 aromatic rings.